The van der Waals surface area contributed by atoms with Crippen LogP contribution in [0.5, 0.6) is 5.75 Å². The summed E-state index contributed by atoms with van der Waals surface area (Å²) < 4.78 is 10.8. The molecule has 1 fully saturated rings. The molecule has 1 heterocycles. The predicted octanol–water partition coefficient (Wildman–Crippen LogP) is 5.93. The van der Waals surface area contributed by atoms with Crippen LogP contribution in [-0.2, 0) is 9.53 Å². The molecule has 0 aliphatic heterocycles. The average molecular weight is 487 g/mol. The molecule has 3 rings (SSSR count). The summed E-state index contributed by atoms with van der Waals surface area (Å²) in [5, 5.41) is 1.09. The molecule has 7 heteroatoms. The fraction of sp³-hybridized carbons (Fsp3) is 0.556. The smallest absolute Gasteiger partial charge is 0.351 e. The first kappa shape index (κ1) is 26.2. The second kappa shape index (κ2) is 10.1. The van der Waals surface area contributed by atoms with Crippen molar-refractivity contribution in [2.24, 2.45) is 16.7 Å². The molecule has 0 bridgehead atoms. The van der Waals surface area contributed by atoms with Crippen LogP contribution in [0, 0.1) is 17.8 Å². The number of nitrogens with zero attached hydrogens (tertiary/aromatic N) is 1. The molecule has 1 aliphatic rings. The molecule has 0 saturated heterocycles. The van der Waals surface area contributed by atoms with Gasteiger partial charge >= 0.3 is 5.97 Å². The highest BCUT2D eigenvalue weighted by Crippen LogP contribution is 2.52. The highest BCUT2D eigenvalue weighted by molar-refractivity contribution is 7.18. The van der Waals surface area contributed by atoms with Crippen LogP contribution in [0.15, 0.2) is 24.3 Å². The lowest BCUT2D eigenvalue weighted by molar-refractivity contribution is -0.133. The molecular formula is C27H38N2O4S. The van der Waals surface area contributed by atoms with Gasteiger partial charge in [0.1, 0.15) is 5.75 Å². The summed E-state index contributed by atoms with van der Waals surface area (Å²) in [6, 6.07) is 8.62. The highest BCUT2D eigenvalue weighted by Gasteiger charge is 2.39. The van der Waals surface area contributed by atoms with E-state index >= 15 is 0 Å². The first-order valence-corrected chi connectivity index (χ1v) is 12.7. The summed E-state index contributed by atoms with van der Waals surface area (Å²) in [7, 11) is 1.35. The van der Waals surface area contributed by atoms with Gasteiger partial charge in [0.15, 0.2) is 11.5 Å². The Morgan fingerprint density at radius 2 is 1.82 bits per heavy atom. The van der Waals surface area contributed by atoms with E-state index in [0.29, 0.717) is 33.9 Å². The van der Waals surface area contributed by atoms with E-state index < -0.39 is 5.97 Å². The molecule has 34 heavy (non-hydrogen) atoms. The fourth-order valence-electron chi connectivity index (χ4n) is 5.58. The molecule has 0 unspecified atom stereocenters. The highest BCUT2D eigenvalue weighted by atomic mass is 32.1. The van der Waals surface area contributed by atoms with Gasteiger partial charge in [-0.25, -0.2) is 10.6 Å². The van der Waals surface area contributed by atoms with Crippen LogP contribution in [0.4, 0.5) is 0 Å². The number of amides is 1. The largest absolute Gasteiger partial charge is 0.482 e. The summed E-state index contributed by atoms with van der Waals surface area (Å²) in [4.78, 5) is 26.0. The third-order valence-electron chi connectivity index (χ3n) is 6.64. The minimum absolute atomic E-state index is 0.238. The Kier molecular flexibility index (Phi) is 7.78. The number of carbonyl (C=O) groups excluding carboxylic acids is 2. The molecular weight excluding hydrogens is 448 g/mol. The molecule has 0 radical (unpaired) electrons. The van der Waals surface area contributed by atoms with Gasteiger partial charge in [0.25, 0.3) is 5.91 Å². The van der Waals surface area contributed by atoms with Crippen molar-refractivity contribution in [1.29, 1.82) is 0 Å². The number of hydrogen-bond donors (Lipinski definition) is 1. The Morgan fingerprint density at radius 3 is 2.41 bits per heavy atom. The maximum atomic E-state index is 12.5. The van der Waals surface area contributed by atoms with Gasteiger partial charge in [-0.1, -0.05) is 52.0 Å². The third-order valence-corrected chi connectivity index (χ3v) is 7.94. The van der Waals surface area contributed by atoms with Gasteiger partial charge < -0.3 is 9.47 Å². The van der Waals surface area contributed by atoms with E-state index in [1.807, 2.05) is 6.92 Å². The molecule has 1 aromatic heterocycles. The number of rotatable bonds is 7. The maximum absolute atomic E-state index is 12.5. The minimum Gasteiger partial charge on any atom is -0.482 e. The number of nitrogens with two attached hydrogens (primary N) is 1. The second-order valence-electron chi connectivity index (χ2n) is 10.9. The Bertz CT molecular complexity index is 1040. The SMILES string of the molecule is CCN(N)C(=O)COc1c(C(=O)OC)sc(-c2cccc(C3CC(C)(C)CC(C)(C)C3)c2)c1C. The Morgan fingerprint density at radius 1 is 1.18 bits per heavy atom. The van der Waals surface area contributed by atoms with Crippen molar-refractivity contribution >= 4 is 23.2 Å². The Balaban J connectivity index is 1.96. The fourth-order valence-corrected chi connectivity index (χ4v) is 6.75. The molecule has 2 aromatic rings. The van der Waals surface area contributed by atoms with Crippen molar-refractivity contribution in [1.82, 2.24) is 5.01 Å². The number of hydrazine groups is 1. The van der Waals surface area contributed by atoms with E-state index in [1.54, 1.807) is 6.92 Å². The minimum atomic E-state index is -0.478. The van der Waals surface area contributed by atoms with E-state index in [-0.39, 0.29) is 12.5 Å². The molecule has 1 aromatic carbocycles. The first-order valence-electron chi connectivity index (χ1n) is 11.9. The zero-order valence-electron chi connectivity index (χ0n) is 21.5. The Labute approximate surface area is 207 Å². The lowest BCUT2D eigenvalue weighted by Gasteiger charge is -2.45. The van der Waals surface area contributed by atoms with Crippen LogP contribution < -0.4 is 10.6 Å². The predicted molar refractivity (Wildman–Crippen MR) is 137 cm³/mol. The summed E-state index contributed by atoms with van der Waals surface area (Å²) in [5.41, 5.74) is 3.77. The number of likely N-dealkylation sites (N-methyl/N-ethyl adjacent to an activating group) is 1. The van der Waals surface area contributed by atoms with E-state index in [0.717, 1.165) is 33.9 Å². The van der Waals surface area contributed by atoms with E-state index in [4.69, 9.17) is 15.3 Å². The van der Waals surface area contributed by atoms with E-state index in [9.17, 15) is 9.59 Å². The lowest BCUT2D eigenvalue weighted by atomic mass is 9.60. The molecule has 0 spiro atoms. The second-order valence-corrected chi connectivity index (χ2v) is 11.9. The van der Waals surface area contributed by atoms with Gasteiger partial charge in [-0.2, -0.15) is 0 Å². The molecule has 2 N–H and O–H groups in total. The Hall–Kier alpha value is -2.38. The van der Waals surface area contributed by atoms with Crippen LogP contribution >= 0.6 is 11.3 Å². The molecule has 6 nitrogen and oxygen atoms in total. The van der Waals surface area contributed by atoms with Gasteiger partial charge in [0.2, 0.25) is 0 Å². The number of esters is 1. The van der Waals surface area contributed by atoms with Crippen molar-refractivity contribution in [3.8, 4) is 16.2 Å². The third kappa shape index (κ3) is 5.81. The number of carbonyl (C=O) groups is 2. The quantitative estimate of drug-likeness (QED) is 0.227. The van der Waals surface area contributed by atoms with Crippen molar-refractivity contribution in [3.63, 3.8) is 0 Å². The lowest BCUT2D eigenvalue weighted by Crippen LogP contribution is -2.40. The van der Waals surface area contributed by atoms with Gasteiger partial charge in [-0.3, -0.25) is 9.80 Å². The van der Waals surface area contributed by atoms with Crippen LogP contribution in [-0.4, -0.2) is 37.1 Å². The number of benzene rings is 1. The van der Waals surface area contributed by atoms with Crippen LogP contribution in [0.25, 0.3) is 10.4 Å². The van der Waals surface area contributed by atoms with Crippen molar-refractivity contribution in [2.45, 2.75) is 66.7 Å². The van der Waals surface area contributed by atoms with E-state index in [1.165, 1.54) is 30.4 Å². The van der Waals surface area contributed by atoms with Crippen LogP contribution in [0.1, 0.15) is 80.6 Å². The van der Waals surface area contributed by atoms with Gasteiger partial charge in [-0.05, 0) is 61.0 Å². The first-order chi connectivity index (χ1) is 15.9. The number of thiophene rings is 1. The summed E-state index contributed by atoms with van der Waals surface area (Å²) in [5.74, 6) is 5.72. The van der Waals surface area contributed by atoms with Gasteiger partial charge in [-0.15, -0.1) is 11.3 Å². The molecule has 0 atom stereocenters. The maximum Gasteiger partial charge on any atom is 0.351 e. The van der Waals surface area contributed by atoms with Gasteiger partial charge in [0, 0.05) is 17.0 Å². The van der Waals surface area contributed by atoms with Crippen molar-refractivity contribution in [2.75, 3.05) is 20.3 Å². The van der Waals surface area contributed by atoms with Crippen molar-refractivity contribution < 1.29 is 19.1 Å². The summed E-state index contributed by atoms with van der Waals surface area (Å²) in [6.45, 7) is 13.3. The number of methoxy groups -OCH3 is 1. The number of ether oxygens (including phenoxy) is 2. The van der Waals surface area contributed by atoms with Gasteiger partial charge in [0.05, 0.1) is 7.11 Å². The molecule has 186 valence electrons. The average Bonchev–Trinajstić information content (AvgIpc) is 3.10. The standard InChI is InChI=1S/C27H38N2O4S/c1-8-29(28)21(30)15-33-22-17(2)23(34-24(22)25(31)32-7)19-11-9-10-18(12-19)20-13-26(3,4)16-27(5,6)14-20/h9-12,20H,8,13-16,28H2,1-7H3. The topological polar surface area (TPSA) is 81.9 Å². The number of hydrogen-bond acceptors (Lipinski definition) is 6. The monoisotopic (exact) mass is 486 g/mol. The molecule has 1 saturated carbocycles. The van der Waals surface area contributed by atoms with Crippen LogP contribution in [0.3, 0.4) is 0 Å². The molecule has 1 amide bonds. The zero-order chi connectivity index (χ0) is 25.3. The normalized spacial score (nSPS) is 17.3. The van der Waals surface area contributed by atoms with Crippen molar-refractivity contribution in [3.05, 3.63) is 40.3 Å². The summed E-state index contributed by atoms with van der Waals surface area (Å²) >= 11 is 1.34. The van der Waals surface area contributed by atoms with Crippen LogP contribution in [0.2, 0.25) is 0 Å². The summed E-state index contributed by atoms with van der Waals surface area (Å²) in [6.07, 6.45) is 3.53. The zero-order valence-corrected chi connectivity index (χ0v) is 22.3. The van der Waals surface area contributed by atoms with E-state index in [2.05, 4.69) is 52.0 Å². The molecule has 1 aliphatic carbocycles.